The zero-order chi connectivity index (χ0) is 11.0. The van der Waals surface area contributed by atoms with E-state index in [0.717, 1.165) is 12.8 Å². The van der Waals surface area contributed by atoms with Gasteiger partial charge in [0.25, 0.3) is 0 Å². The third kappa shape index (κ3) is 7.00. The van der Waals surface area contributed by atoms with Crippen LogP contribution in [0.3, 0.4) is 0 Å². The van der Waals surface area contributed by atoms with Crippen molar-refractivity contribution >= 4 is 5.78 Å². The van der Waals surface area contributed by atoms with Crippen molar-refractivity contribution in [3.8, 4) is 0 Å². The van der Waals surface area contributed by atoms with E-state index in [4.69, 9.17) is 11.5 Å². The molecular weight excluding hydrogens is 180 g/mol. The van der Waals surface area contributed by atoms with Crippen LogP contribution in [0.25, 0.3) is 0 Å². The zero-order valence-corrected chi connectivity index (χ0v) is 8.91. The van der Waals surface area contributed by atoms with Crippen molar-refractivity contribution in [2.45, 2.75) is 57.7 Å². The summed E-state index contributed by atoms with van der Waals surface area (Å²) in [6.45, 7) is 2.03. The van der Waals surface area contributed by atoms with E-state index in [1.807, 2.05) is 6.92 Å². The topological polar surface area (TPSA) is 89.3 Å². The minimum absolute atomic E-state index is 0.0842. The highest BCUT2D eigenvalue weighted by atomic mass is 16.3. The van der Waals surface area contributed by atoms with Crippen LogP contribution >= 0.6 is 0 Å². The molecule has 0 aliphatic carbocycles. The van der Waals surface area contributed by atoms with E-state index in [0.29, 0.717) is 25.7 Å². The molecule has 1 unspecified atom stereocenters. The van der Waals surface area contributed by atoms with Gasteiger partial charge in [-0.25, -0.2) is 0 Å². The summed E-state index contributed by atoms with van der Waals surface area (Å²) in [6.07, 6.45) is 3.01. The molecule has 0 aromatic rings. The first-order valence-corrected chi connectivity index (χ1v) is 5.29. The fourth-order valence-corrected chi connectivity index (χ4v) is 1.24. The van der Waals surface area contributed by atoms with Crippen LogP contribution in [0.4, 0.5) is 0 Å². The lowest BCUT2D eigenvalue weighted by atomic mass is 10.0. The summed E-state index contributed by atoms with van der Waals surface area (Å²) in [6, 6.07) is 0. The molecular formula is C10H22N2O2. The molecule has 4 nitrogen and oxygen atoms in total. The van der Waals surface area contributed by atoms with Gasteiger partial charge in [0.15, 0.2) is 5.78 Å². The maximum atomic E-state index is 11.3. The van der Waals surface area contributed by atoms with Crippen molar-refractivity contribution in [2.24, 2.45) is 11.5 Å². The third-order valence-corrected chi connectivity index (χ3v) is 2.16. The van der Waals surface area contributed by atoms with E-state index < -0.39 is 6.10 Å². The van der Waals surface area contributed by atoms with Crippen LogP contribution in [0, 0.1) is 0 Å². The molecule has 0 bridgehead atoms. The SMILES string of the molecule is CCCCC(O)C(=O)CCCC(N)N. The van der Waals surface area contributed by atoms with Crippen LogP contribution in [0.15, 0.2) is 0 Å². The van der Waals surface area contributed by atoms with Gasteiger partial charge in [-0.1, -0.05) is 19.8 Å². The maximum absolute atomic E-state index is 11.3. The van der Waals surface area contributed by atoms with Crippen molar-refractivity contribution in [3.63, 3.8) is 0 Å². The summed E-state index contributed by atoms with van der Waals surface area (Å²) in [5.74, 6) is -0.0842. The van der Waals surface area contributed by atoms with Gasteiger partial charge in [0.2, 0.25) is 0 Å². The second-order valence-corrected chi connectivity index (χ2v) is 3.68. The molecule has 0 amide bonds. The summed E-state index contributed by atoms with van der Waals surface area (Å²) in [5.41, 5.74) is 10.7. The van der Waals surface area contributed by atoms with Gasteiger partial charge in [-0.05, 0) is 19.3 Å². The quantitative estimate of drug-likeness (QED) is 0.501. The molecule has 0 radical (unpaired) electrons. The Hall–Kier alpha value is -0.450. The van der Waals surface area contributed by atoms with Gasteiger partial charge >= 0.3 is 0 Å². The third-order valence-electron chi connectivity index (χ3n) is 2.16. The van der Waals surface area contributed by atoms with E-state index in [1.54, 1.807) is 0 Å². The van der Waals surface area contributed by atoms with Crippen molar-refractivity contribution in [2.75, 3.05) is 0 Å². The van der Waals surface area contributed by atoms with Gasteiger partial charge in [0.05, 0.1) is 6.17 Å². The second-order valence-electron chi connectivity index (χ2n) is 3.68. The molecule has 0 heterocycles. The number of nitrogens with two attached hydrogens (primary N) is 2. The fraction of sp³-hybridized carbons (Fsp3) is 0.900. The number of aliphatic hydroxyl groups is 1. The van der Waals surface area contributed by atoms with Crippen molar-refractivity contribution < 1.29 is 9.90 Å². The number of unbranched alkanes of at least 4 members (excludes halogenated alkanes) is 1. The highest BCUT2D eigenvalue weighted by molar-refractivity contribution is 5.82. The first-order chi connectivity index (χ1) is 6.57. The zero-order valence-electron chi connectivity index (χ0n) is 8.91. The normalized spacial score (nSPS) is 13.2. The van der Waals surface area contributed by atoms with Crippen LogP contribution in [-0.2, 0) is 4.79 Å². The molecule has 0 saturated heterocycles. The Morgan fingerprint density at radius 1 is 1.29 bits per heavy atom. The van der Waals surface area contributed by atoms with E-state index >= 15 is 0 Å². The standard InChI is InChI=1S/C10H22N2O2/c1-2-3-5-8(13)9(14)6-4-7-10(11)12/h8,10,13H,2-7,11-12H2,1H3. The van der Waals surface area contributed by atoms with E-state index in [1.165, 1.54) is 0 Å². The van der Waals surface area contributed by atoms with Crippen LogP contribution in [0.1, 0.15) is 45.4 Å². The van der Waals surface area contributed by atoms with Gasteiger partial charge in [0.1, 0.15) is 6.10 Å². The molecule has 0 rings (SSSR count). The number of hydrogen-bond acceptors (Lipinski definition) is 4. The Balaban J connectivity index is 3.52. The van der Waals surface area contributed by atoms with Gasteiger partial charge in [-0.2, -0.15) is 0 Å². The molecule has 0 aromatic carbocycles. The van der Waals surface area contributed by atoms with Gasteiger partial charge in [0, 0.05) is 6.42 Å². The molecule has 4 heteroatoms. The van der Waals surface area contributed by atoms with Crippen LogP contribution < -0.4 is 11.5 Å². The first-order valence-electron chi connectivity index (χ1n) is 5.29. The lowest BCUT2D eigenvalue weighted by Crippen LogP contribution is -2.30. The first kappa shape index (κ1) is 13.5. The number of Topliss-reactive ketones (excluding diaryl/α,β-unsaturated/α-hetero) is 1. The fourth-order valence-electron chi connectivity index (χ4n) is 1.24. The predicted molar refractivity (Wildman–Crippen MR) is 56.6 cm³/mol. The van der Waals surface area contributed by atoms with Crippen LogP contribution in [-0.4, -0.2) is 23.2 Å². The number of hydrogen-bond donors (Lipinski definition) is 3. The van der Waals surface area contributed by atoms with Gasteiger partial charge < -0.3 is 16.6 Å². The molecule has 14 heavy (non-hydrogen) atoms. The summed E-state index contributed by atoms with van der Waals surface area (Å²) in [5, 5.41) is 9.40. The molecule has 0 aliphatic rings. The molecule has 0 spiro atoms. The summed E-state index contributed by atoms with van der Waals surface area (Å²) < 4.78 is 0. The van der Waals surface area contributed by atoms with Crippen molar-refractivity contribution in [1.82, 2.24) is 0 Å². The van der Waals surface area contributed by atoms with Crippen LogP contribution in [0.5, 0.6) is 0 Å². The molecule has 84 valence electrons. The molecule has 5 N–H and O–H groups in total. The van der Waals surface area contributed by atoms with Crippen molar-refractivity contribution in [1.29, 1.82) is 0 Å². The average Bonchev–Trinajstić information content (AvgIpc) is 2.13. The minimum Gasteiger partial charge on any atom is -0.385 e. The summed E-state index contributed by atoms with van der Waals surface area (Å²) in [4.78, 5) is 11.3. The number of carbonyl (C=O) groups excluding carboxylic acids is 1. The smallest absolute Gasteiger partial charge is 0.161 e. The highest BCUT2D eigenvalue weighted by Gasteiger charge is 2.13. The van der Waals surface area contributed by atoms with E-state index in [-0.39, 0.29) is 11.9 Å². The second kappa shape index (κ2) is 7.91. The number of aliphatic hydroxyl groups excluding tert-OH is 1. The summed E-state index contributed by atoms with van der Waals surface area (Å²) in [7, 11) is 0. The largest absolute Gasteiger partial charge is 0.385 e. The van der Waals surface area contributed by atoms with Gasteiger partial charge in [-0.15, -0.1) is 0 Å². The number of rotatable bonds is 8. The molecule has 0 aromatic heterocycles. The Labute approximate surface area is 85.7 Å². The van der Waals surface area contributed by atoms with Crippen molar-refractivity contribution in [3.05, 3.63) is 0 Å². The summed E-state index contributed by atoms with van der Waals surface area (Å²) >= 11 is 0. The molecule has 0 fully saturated rings. The van der Waals surface area contributed by atoms with Crippen LogP contribution in [0.2, 0.25) is 0 Å². The number of carbonyl (C=O) groups is 1. The highest BCUT2D eigenvalue weighted by Crippen LogP contribution is 2.06. The lowest BCUT2D eigenvalue weighted by molar-refractivity contribution is -0.127. The van der Waals surface area contributed by atoms with Gasteiger partial charge in [-0.3, -0.25) is 4.79 Å². The minimum atomic E-state index is -0.788. The lowest BCUT2D eigenvalue weighted by Gasteiger charge is -2.09. The Morgan fingerprint density at radius 3 is 2.43 bits per heavy atom. The van der Waals surface area contributed by atoms with E-state index in [2.05, 4.69) is 0 Å². The average molecular weight is 202 g/mol. The Morgan fingerprint density at radius 2 is 1.93 bits per heavy atom. The maximum Gasteiger partial charge on any atom is 0.161 e. The monoisotopic (exact) mass is 202 g/mol. The molecule has 0 aliphatic heterocycles. The Kier molecular flexibility index (Phi) is 7.65. The Bertz CT molecular complexity index is 160. The molecule has 1 atom stereocenters. The number of ketones is 1. The predicted octanol–water partition coefficient (Wildman–Crippen LogP) is 0.520. The van der Waals surface area contributed by atoms with E-state index in [9.17, 15) is 9.90 Å². The molecule has 0 saturated carbocycles.